The highest BCUT2D eigenvalue weighted by Gasteiger charge is 2.29. The van der Waals surface area contributed by atoms with Gasteiger partial charge in [-0.15, -0.1) is 0 Å². The van der Waals surface area contributed by atoms with Gasteiger partial charge in [0.15, 0.2) is 5.82 Å². The molecule has 0 aliphatic heterocycles. The Balaban J connectivity index is 1.30. The quantitative estimate of drug-likeness (QED) is 0.271. The van der Waals surface area contributed by atoms with Gasteiger partial charge in [-0.1, -0.05) is 0 Å². The molecule has 1 aliphatic rings. The normalized spacial score (nSPS) is 13.3. The highest BCUT2D eigenvalue weighted by atomic mass is 19.1. The molecule has 1 aliphatic carbocycles. The van der Waals surface area contributed by atoms with E-state index in [1.165, 1.54) is 18.2 Å². The fraction of sp³-hybridized carbons (Fsp3) is 0.107. The molecule has 2 aromatic carbocycles. The Morgan fingerprint density at radius 1 is 0.947 bits per heavy atom. The molecule has 0 saturated heterocycles. The van der Waals surface area contributed by atoms with Crippen molar-refractivity contribution in [2.75, 3.05) is 5.32 Å². The van der Waals surface area contributed by atoms with E-state index in [9.17, 15) is 9.18 Å². The second-order valence-corrected chi connectivity index (χ2v) is 9.32. The zero-order valence-electron chi connectivity index (χ0n) is 19.8. The van der Waals surface area contributed by atoms with Crippen LogP contribution in [0.3, 0.4) is 0 Å². The minimum Gasteiger partial charge on any atom is -0.336 e. The number of pyridine rings is 2. The first kappa shape index (κ1) is 22.2. The summed E-state index contributed by atoms with van der Waals surface area (Å²) in [5, 5.41) is 10.8. The summed E-state index contributed by atoms with van der Waals surface area (Å²) < 4.78 is 28.6. The van der Waals surface area contributed by atoms with Crippen LogP contribution in [0.1, 0.15) is 12.8 Å². The topological polar surface area (TPSA) is 112 Å². The number of anilines is 1. The summed E-state index contributed by atoms with van der Waals surface area (Å²) in [4.78, 5) is 28.9. The van der Waals surface area contributed by atoms with Crippen molar-refractivity contribution in [3.8, 4) is 33.9 Å². The van der Waals surface area contributed by atoms with E-state index in [-0.39, 0.29) is 17.6 Å². The van der Waals surface area contributed by atoms with Crippen LogP contribution in [-0.4, -0.2) is 36.0 Å². The molecule has 6 aromatic rings. The van der Waals surface area contributed by atoms with Crippen LogP contribution in [0.25, 0.3) is 55.8 Å². The van der Waals surface area contributed by atoms with Crippen LogP contribution in [0.5, 0.6) is 0 Å². The van der Waals surface area contributed by atoms with Crippen molar-refractivity contribution >= 4 is 33.5 Å². The lowest BCUT2D eigenvalue weighted by Crippen LogP contribution is -2.13. The van der Waals surface area contributed by atoms with E-state index in [4.69, 9.17) is 4.98 Å². The van der Waals surface area contributed by atoms with Gasteiger partial charge in [-0.3, -0.25) is 19.9 Å². The summed E-state index contributed by atoms with van der Waals surface area (Å²) in [6.45, 7) is 0. The van der Waals surface area contributed by atoms with Crippen LogP contribution in [0, 0.1) is 17.6 Å². The Morgan fingerprint density at radius 3 is 2.61 bits per heavy atom. The number of carbonyl (C=O) groups excluding carboxylic acids is 1. The number of rotatable bonds is 5. The first-order chi connectivity index (χ1) is 18.5. The molecule has 10 heteroatoms. The minimum absolute atomic E-state index is 0.0443. The van der Waals surface area contributed by atoms with E-state index in [2.05, 4.69) is 30.5 Å². The van der Waals surface area contributed by atoms with Crippen LogP contribution >= 0.6 is 0 Å². The van der Waals surface area contributed by atoms with Crippen molar-refractivity contribution in [2.24, 2.45) is 5.92 Å². The standard InChI is InChI=1S/C28H19F2N7O/c29-17-5-3-14(4-6-17)24-26-22(7-8-32-24)34-27(35-26)25-20-10-19(21(30)11-23(20)36-37-25)16-9-18(13-31-12-16)33-28(38)15-1-2-15/h3-13,15H,1-2H2,(H,33,38)(H,34,35)(H,36,37). The van der Waals surface area contributed by atoms with E-state index in [1.54, 1.807) is 48.9 Å². The lowest BCUT2D eigenvalue weighted by atomic mass is 10.0. The number of halogens is 2. The summed E-state index contributed by atoms with van der Waals surface area (Å²) in [5.74, 6) is -0.309. The average molecular weight is 508 g/mol. The molecule has 0 atom stereocenters. The number of hydrogen-bond acceptors (Lipinski definition) is 5. The van der Waals surface area contributed by atoms with Crippen LogP contribution in [0.4, 0.5) is 14.5 Å². The van der Waals surface area contributed by atoms with Gasteiger partial charge in [0.25, 0.3) is 0 Å². The van der Waals surface area contributed by atoms with Gasteiger partial charge in [0.2, 0.25) is 5.91 Å². The number of benzene rings is 2. The molecule has 1 amide bonds. The van der Waals surface area contributed by atoms with E-state index in [1.807, 2.05) is 0 Å². The van der Waals surface area contributed by atoms with E-state index < -0.39 is 5.82 Å². The number of hydrogen-bond donors (Lipinski definition) is 3. The monoisotopic (exact) mass is 507 g/mol. The summed E-state index contributed by atoms with van der Waals surface area (Å²) >= 11 is 0. The van der Waals surface area contributed by atoms with Crippen molar-refractivity contribution in [3.63, 3.8) is 0 Å². The Kier molecular flexibility index (Phi) is 5.00. The predicted molar refractivity (Wildman–Crippen MR) is 139 cm³/mol. The number of H-pyrrole nitrogens is 2. The third kappa shape index (κ3) is 3.86. The molecule has 0 spiro atoms. The van der Waals surface area contributed by atoms with Crippen LogP contribution in [0.2, 0.25) is 0 Å². The summed E-state index contributed by atoms with van der Waals surface area (Å²) in [6, 6.07) is 12.6. The molecular weight excluding hydrogens is 488 g/mol. The number of nitrogens with one attached hydrogen (secondary N) is 3. The van der Waals surface area contributed by atoms with Gasteiger partial charge in [0.05, 0.1) is 28.6 Å². The molecule has 8 nitrogen and oxygen atoms in total. The first-order valence-electron chi connectivity index (χ1n) is 12.1. The van der Waals surface area contributed by atoms with Crippen molar-refractivity contribution in [2.45, 2.75) is 12.8 Å². The number of imidazole rings is 1. The van der Waals surface area contributed by atoms with E-state index >= 15 is 4.39 Å². The number of aromatic amines is 2. The Bertz CT molecular complexity index is 1860. The zero-order valence-corrected chi connectivity index (χ0v) is 19.8. The molecule has 1 fully saturated rings. The number of aromatic nitrogens is 6. The lowest BCUT2D eigenvalue weighted by molar-refractivity contribution is -0.117. The van der Waals surface area contributed by atoms with Gasteiger partial charge in [-0.2, -0.15) is 5.10 Å². The van der Waals surface area contributed by atoms with Crippen LogP contribution in [-0.2, 0) is 4.79 Å². The van der Waals surface area contributed by atoms with E-state index in [0.29, 0.717) is 50.4 Å². The Hall–Kier alpha value is -4.99. The number of carbonyl (C=O) groups is 1. The van der Waals surface area contributed by atoms with Crippen molar-refractivity contribution < 1.29 is 13.6 Å². The third-order valence-corrected chi connectivity index (χ3v) is 6.66. The summed E-state index contributed by atoms with van der Waals surface area (Å²) in [6.07, 6.45) is 6.53. The molecule has 0 unspecified atom stereocenters. The fourth-order valence-electron chi connectivity index (χ4n) is 4.55. The fourth-order valence-corrected chi connectivity index (χ4v) is 4.55. The Labute approximate surface area is 214 Å². The van der Waals surface area contributed by atoms with Crippen molar-refractivity contribution in [3.05, 3.63) is 78.8 Å². The molecule has 0 radical (unpaired) electrons. The van der Waals surface area contributed by atoms with Crippen LogP contribution in [0.15, 0.2) is 67.1 Å². The average Bonchev–Trinajstić information content (AvgIpc) is 3.56. The highest BCUT2D eigenvalue weighted by molar-refractivity contribution is 5.98. The third-order valence-electron chi connectivity index (χ3n) is 6.66. The largest absolute Gasteiger partial charge is 0.336 e. The maximum Gasteiger partial charge on any atom is 0.227 e. The molecule has 7 rings (SSSR count). The Morgan fingerprint density at radius 2 is 1.79 bits per heavy atom. The molecule has 0 bridgehead atoms. The second-order valence-electron chi connectivity index (χ2n) is 9.32. The maximum atomic E-state index is 15.2. The lowest BCUT2D eigenvalue weighted by Gasteiger charge is -2.08. The number of fused-ring (bicyclic) bond motifs is 2. The molecule has 4 heterocycles. The zero-order chi connectivity index (χ0) is 25.8. The van der Waals surface area contributed by atoms with Gasteiger partial charge < -0.3 is 10.3 Å². The molecular formula is C28H19F2N7O. The molecule has 3 N–H and O–H groups in total. The van der Waals surface area contributed by atoms with Gasteiger partial charge in [-0.25, -0.2) is 13.8 Å². The van der Waals surface area contributed by atoms with E-state index in [0.717, 1.165) is 23.9 Å². The van der Waals surface area contributed by atoms with Gasteiger partial charge in [0.1, 0.15) is 22.8 Å². The summed E-state index contributed by atoms with van der Waals surface area (Å²) in [7, 11) is 0. The van der Waals surface area contributed by atoms with Crippen LogP contribution < -0.4 is 5.32 Å². The smallest absolute Gasteiger partial charge is 0.227 e. The SMILES string of the molecule is O=C(Nc1cncc(-c2cc3c(-c4nc5c(-c6ccc(F)cc6)nccc5[nH]4)n[nH]c3cc2F)c1)C1CC1. The minimum atomic E-state index is -0.451. The van der Waals surface area contributed by atoms with Crippen molar-refractivity contribution in [1.29, 1.82) is 0 Å². The first-order valence-corrected chi connectivity index (χ1v) is 12.1. The predicted octanol–water partition coefficient (Wildman–Crippen LogP) is 5.86. The second kappa shape index (κ2) is 8.55. The molecule has 4 aromatic heterocycles. The van der Waals surface area contributed by atoms with Gasteiger partial charge in [0, 0.05) is 46.5 Å². The molecule has 1 saturated carbocycles. The molecule has 186 valence electrons. The van der Waals surface area contributed by atoms with Gasteiger partial charge >= 0.3 is 0 Å². The van der Waals surface area contributed by atoms with Gasteiger partial charge in [-0.05, 0) is 55.3 Å². The molecule has 38 heavy (non-hydrogen) atoms. The summed E-state index contributed by atoms with van der Waals surface area (Å²) in [5.41, 5.74) is 5.05. The highest BCUT2D eigenvalue weighted by Crippen LogP contribution is 2.35. The number of nitrogens with zero attached hydrogens (tertiary/aromatic N) is 4. The maximum absolute atomic E-state index is 15.2. The number of amides is 1. The van der Waals surface area contributed by atoms with Crippen molar-refractivity contribution in [1.82, 2.24) is 30.1 Å².